The van der Waals surface area contributed by atoms with Crippen molar-refractivity contribution < 1.29 is 14.5 Å². The molecule has 0 saturated heterocycles. The van der Waals surface area contributed by atoms with E-state index >= 15 is 0 Å². The number of unbranched alkanes of at least 4 members (excludes halogenated alkanes) is 3. The van der Waals surface area contributed by atoms with Gasteiger partial charge in [-0.15, -0.1) is 0 Å². The molecule has 0 aliphatic rings. The Morgan fingerprint density at radius 1 is 1.38 bits per heavy atom. The third kappa shape index (κ3) is 5.71. The molecule has 0 spiro atoms. The van der Waals surface area contributed by atoms with Crippen molar-refractivity contribution in [2.24, 2.45) is 0 Å². The molecule has 1 aromatic rings. The highest BCUT2D eigenvalue weighted by Gasteiger charge is 2.20. The molecule has 1 atom stereocenters. The summed E-state index contributed by atoms with van der Waals surface area (Å²) in [6.07, 6.45) is 5.46. The van der Waals surface area contributed by atoms with E-state index in [-0.39, 0.29) is 17.4 Å². The minimum Gasteiger partial charge on any atom is -0.490 e. The zero-order chi connectivity index (χ0) is 15.8. The average Bonchev–Trinajstić information content (AvgIpc) is 2.43. The van der Waals surface area contributed by atoms with E-state index < -0.39 is 10.2 Å². The predicted octanol–water partition coefficient (Wildman–Crippen LogP) is 4.71. The topological polar surface area (TPSA) is 69.4 Å². The first kappa shape index (κ1) is 17.4. The summed E-state index contributed by atoms with van der Waals surface area (Å²) in [5.74, 6) is 0.381. The molecule has 0 fully saturated rings. The molecule has 21 heavy (non-hydrogen) atoms. The molecule has 0 heterocycles. The maximum atomic E-state index is 11.1. The summed E-state index contributed by atoms with van der Waals surface area (Å²) in [6.45, 7) is 4.08. The van der Waals surface area contributed by atoms with Gasteiger partial charge in [-0.25, -0.2) is 0 Å². The second-order valence-electron chi connectivity index (χ2n) is 4.99. The number of hydrogen-bond acceptors (Lipinski definition) is 4. The Morgan fingerprint density at radius 3 is 2.67 bits per heavy atom. The van der Waals surface area contributed by atoms with E-state index in [4.69, 9.17) is 16.3 Å². The van der Waals surface area contributed by atoms with Crippen LogP contribution in [0.2, 0.25) is 0 Å². The number of carbonyl (C=O) groups is 1. The molecule has 0 N–H and O–H groups in total. The first-order valence-electron chi connectivity index (χ1n) is 7.10. The third-order valence-electron chi connectivity index (χ3n) is 3.18. The molecular weight excluding hydrogens is 294 g/mol. The van der Waals surface area contributed by atoms with Crippen LogP contribution in [0.4, 0.5) is 5.69 Å². The second kappa shape index (κ2) is 8.62. The maximum Gasteiger partial charge on any atom is 0.285 e. The van der Waals surface area contributed by atoms with Crippen LogP contribution >= 0.6 is 11.6 Å². The van der Waals surface area contributed by atoms with E-state index in [1.807, 2.05) is 6.92 Å². The number of benzene rings is 1. The van der Waals surface area contributed by atoms with Crippen molar-refractivity contribution in [1.82, 2.24) is 0 Å². The Morgan fingerprint density at radius 2 is 2.10 bits per heavy atom. The van der Waals surface area contributed by atoms with Crippen molar-refractivity contribution in [2.45, 2.75) is 52.1 Å². The Hall–Kier alpha value is -1.62. The van der Waals surface area contributed by atoms with Crippen LogP contribution in [0, 0.1) is 10.1 Å². The van der Waals surface area contributed by atoms with E-state index in [0.717, 1.165) is 19.3 Å². The minimum absolute atomic E-state index is 0.0287. The molecular formula is C15H20ClNO4. The first-order valence-corrected chi connectivity index (χ1v) is 7.48. The van der Waals surface area contributed by atoms with Gasteiger partial charge in [0, 0.05) is 0 Å². The van der Waals surface area contributed by atoms with Gasteiger partial charge in [-0.1, -0.05) is 26.2 Å². The summed E-state index contributed by atoms with van der Waals surface area (Å²) in [7, 11) is 0. The van der Waals surface area contributed by atoms with Gasteiger partial charge in [-0.3, -0.25) is 14.9 Å². The van der Waals surface area contributed by atoms with Crippen LogP contribution in [0.3, 0.4) is 0 Å². The summed E-state index contributed by atoms with van der Waals surface area (Å²) < 4.78 is 5.66. The smallest absolute Gasteiger partial charge is 0.285 e. The zero-order valence-corrected chi connectivity index (χ0v) is 13.1. The number of nitro benzene ring substituents is 1. The highest BCUT2D eigenvalue weighted by molar-refractivity contribution is 6.68. The maximum absolute atomic E-state index is 11.1. The van der Waals surface area contributed by atoms with E-state index in [9.17, 15) is 14.9 Å². The second-order valence-corrected chi connectivity index (χ2v) is 5.33. The number of nitro groups is 1. The first-order chi connectivity index (χ1) is 9.95. The number of hydrogen-bond donors (Lipinski definition) is 0. The summed E-state index contributed by atoms with van der Waals surface area (Å²) in [5.41, 5.74) is -0.449. The standard InChI is InChI=1S/C15H20ClNO4/c1-3-4-5-6-7-11(2)21-12-8-9-13(15(16)18)14(10-12)17(19)20/h8-11H,3-7H2,1-2H3/t11-/m0/s1. The van der Waals surface area contributed by atoms with Crippen LogP contribution in [0.5, 0.6) is 5.75 Å². The van der Waals surface area contributed by atoms with Gasteiger partial charge < -0.3 is 4.74 Å². The minimum atomic E-state index is -0.846. The lowest BCUT2D eigenvalue weighted by Crippen LogP contribution is -2.12. The van der Waals surface area contributed by atoms with Gasteiger partial charge in [0.25, 0.3) is 10.9 Å². The summed E-state index contributed by atoms with van der Waals surface area (Å²) >= 11 is 5.32. The SMILES string of the molecule is CCCCCC[C@H](C)Oc1ccc(C(=O)Cl)c([N+](=O)[O-])c1. The molecule has 1 aromatic carbocycles. The molecule has 0 unspecified atom stereocenters. The lowest BCUT2D eigenvalue weighted by atomic mass is 10.1. The molecule has 0 amide bonds. The lowest BCUT2D eigenvalue weighted by molar-refractivity contribution is -0.385. The molecule has 0 aromatic heterocycles. The number of halogens is 1. The van der Waals surface area contributed by atoms with E-state index in [0.29, 0.717) is 5.75 Å². The molecule has 0 radical (unpaired) electrons. The van der Waals surface area contributed by atoms with Gasteiger partial charge in [-0.05, 0) is 43.5 Å². The molecule has 116 valence electrons. The summed E-state index contributed by atoms with van der Waals surface area (Å²) in [4.78, 5) is 21.4. The monoisotopic (exact) mass is 313 g/mol. The largest absolute Gasteiger partial charge is 0.490 e. The van der Waals surface area contributed by atoms with Crippen LogP contribution in [0.1, 0.15) is 56.3 Å². The summed E-state index contributed by atoms with van der Waals surface area (Å²) in [6, 6.07) is 4.11. The van der Waals surface area contributed by atoms with E-state index in [1.165, 1.54) is 31.0 Å². The van der Waals surface area contributed by atoms with Crippen molar-refractivity contribution in [3.8, 4) is 5.75 Å². The van der Waals surface area contributed by atoms with Crippen molar-refractivity contribution in [2.75, 3.05) is 0 Å². The predicted molar refractivity (Wildman–Crippen MR) is 82.1 cm³/mol. The Bertz CT molecular complexity index is 504. The fourth-order valence-electron chi connectivity index (χ4n) is 2.05. The summed E-state index contributed by atoms with van der Waals surface area (Å²) in [5, 5.41) is 10.1. The zero-order valence-electron chi connectivity index (χ0n) is 12.3. The highest BCUT2D eigenvalue weighted by Crippen LogP contribution is 2.27. The molecule has 0 bridgehead atoms. The molecule has 0 aliphatic carbocycles. The highest BCUT2D eigenvalue weighted by atomic mass is 35.5. The third-order valence-corrected chi connectivity index (χ3v) is 3.38. The van der Waals surface area contributed by atoms with Crippen LogP contribution in [-0.4, -0.2) is 16.3 Å². The molecule has 0 aliphatic heterocycles. The van der Waals surface area contributed by atoms with Gasteiger partial charge in [0.15, 0.2) is 0 Å². The Labute approximate surface area is 129 Å². The fraction of sp³-hybridized carbons (Fsp3) is 0.533. The normalized spacial score (nSPS) is 12.0. The van der Waals surface area contributed by atoms with Crippen LogP contribution < -0.4 is 4.74 Å². The molecule has 6 heteroatoms. The van der Waals surface area contributed by atoms with E-state index in [1.54, 1.807) is 0 Å². The van der Waals surface area contributed by atoms with E-state index in [2.05, 4.69) is 6.92 Å². The van der Waals surface area contributed by atoms with Gasteiger partial charge in [0.2, 0.25) is 0 Å². The quantitative estimate of drug-likeness (QED) is 0.286. The average molecular weight is 314 g/mol. The van der Waals surface area contributed by atoms with Gasteiger partial charge in [0.05, 0.1) is 17.1 Å². The Balaban J connectivity index is 2.69. The van der Waals surface area contributed by atoms with Crippen molar-refractivity contribution >= 4 is 22.5 Å². The lowest BCUT2D eigenvalue weighted by Gasteiger charge is -2.14. The van der Waals surface area contributed by atoms with Crippen LogP contribution in [-0.2, 0) is 0 Å². The van der Waals surface area contributed by atoms with Crippen LogP contribution in [0.25, 0.3) is 0 Å². The van der Waals surface area contributed by atoms with Crippen molar-refractivity contribution in [3.63, 3.8) is 0 Å². The fourth-order valence-corrected chi connectivity index (χ4v) is 2.21. The number of carbonyl (C=O) groups excluding carboxylic acids is 1. The van der Waals surface area contributed by atoms with Gasteiger partial charge in [0.1, 0.15) is 11.3 Å². The van der Waals surface area contributed by atoms with Gasteiger partial charge >= 0.3 is 0 Å². The van der Waals surface area contributed by atoms with Crippen LogP contribution in [0.15, 0.2) is 18.2 Å². The molecule has 5 nitrogen and oxygen atoms in total. The molecule has 0 saturated carbocycles. The Kier molecular flexibility index (Phi) is 7.15. The van der Waals surface area contributed by atoms with Crippen molar-refractivity contribution in [3.05, 3.63) is 33.9 Å². The van der Waals surface area contributed by atoms with Gasteiger partial charge in [-0.2, -0.15) is 0 Å². The number of rotatable bonds is 9. The number of nitrogens with zero attached hydrogens (tertiary/aromatic N) is 1. The van der Waals surface area contributed by atoms with Crippen molar-refractivity contribution in [1.29, 1.82) is 0 Å². The number of ether oxygens (including phenoxy) is 1. The molecule has 1 rings (SSSR count).